The number of hydrogen-bond acceptors (Lipinski definition) is 8. The van der Waals surface area contributed by atoms with E-state index in [0.717, 1.165) is 34.1 Å². The number of benzene rings is 6. The van der Waals surface area contributed by atoms with E-state index < -0.39 is 0 Å². The summed E-state index contributed by atoms with van der Waals surface area (Å²) in [7, 11) is 0. The van der Waals surface area contributed by atoms with Crippen molar-refractivity contribution in [1.29, 1.82) is 0 Å². The van der Waals surface area contributed by atoms with E-state index >= 15 is 0 Å². The number of nitrogens with zero attached hydrogens (tertiary/aromatic N) is 2. The third kappa shape index (κ3) is 5.88. The number of anilines is 6. The van der Waals surface area contributed by atoms with Gasteiger partial charge < -0.3 is 9.80 Å². The summed E-state index contributed by atoms with van der Waals surface area (Å²) in [6.45, 7) is 0. The Morgan fingerprint density at radius 2 is 0.540 bits per heavy atom. The molecule has 0 bridgehead atoms. The highest BCUT2D eigenvalue weighted by atomic mass is 32.2. The Hall–Kier alpha value is -4.54. The van der Waals surface area contributed by atoms with Crippen molar-refractivity contribution in [1.82, 2.24) is 18.9 Å². The number of nitrogens with one attached hydrogen (secondary N) is 4. The summed E-state index contributed by atoms with van der Waals surface area (Å²) in [6.07, 6.45) is 0. The molecule has 0 spiro atoms. The average Bonchev–Trinajstić information content (AvgIpc) is 3.87. The van der Waals surface area contributed by atoms with E-state index in [9.17, 15) is 0 Å². The fourth-order valence-electron chi connectivity index (χ4n) is 7.99. The Morgan fingerprint density at radius 3 is 0.800 bits per heavy atom. The summed E-state index contributed by atoms with van der Waals surface area (Å²) in [5.41, 5.74) is 9.54. The van der Waals surface area contributed by atoms with Gasteiger partial charge in [-0.05, 0) is 83.9 Å². The minimum absolute atomic E-state index is 0.245. The van der Waals surface area contributed by atoms with Gasteiger partial charge in [-0.15, -0.1) is 0 Å². The quantitative estimate of drug-likeness (QED) is 0.118. The van der Waals surface area contributed by atoms with Crippen LogP contribution < -0.4 is 28.7 Å². The molecule has 3 aliphatic rings. The van der Waals surface area contributed by atoms with Gasteiger partial charge in [0.15, 0.2) is 0 Å². The zero-order valence-corrected chi connectivity index (χ0v) is 29.0. The van der Waals surface area contributed by atoms with Crippen LogP contribution in [0.2, 0.25) is 0 Å². The van der Waals surface area contributed by atoms with Crippen LogP contribution in [-0.4, -0.2) is 24.2 Å². The Morgan fingerprint density at radius 1 is 0.300 bits per heavy atom. The molecule has 248 valence electrons. The fraction of sp³-hybridized carbons (Fsp3) is 0.143. The molecule has 8 heteroatoms. The molecule has 2 heterocycles. The molecule has 2 aliphatic heterocycles. The first kappa shape index (κ1) is 31.4. The minimum Gasteiger partial charge on any atom is -0.311 e. The third-order valence-electron chi connectivity index (χ3n) is 10.2. The predicted octanol–water partition coefficient (Wildman–Crippen LogP) is 9.49. The van der Waals surface area contributed by atoms with Crippen molar-refractivity contribution in [3.63, 3.8) is 0 Å². The Labute approximate surface area is 302 Å². The van der Waals surface area contributed by atoms with E-state index in [1.165, 1.54) is 11.1 Å². The molecule has 1 aliphatic carbocycles. The lowest BCUT2D eigenvalue weighted by Crippen LogP contribution is -2.61. The molecular weight excluding hydrogens is 653 g/mol. The van der Waals surface area contributed by atoms with Crippen molar-refractivity contribution < 1.29 is 0 Å². The van der Waals surface area contributed by atoms with Crippen LogP contribution in [0.4, 0.5) is 34.1 Å². The lowest BCUT2D eigenvalue weighted by atomic mass is 9.65. The Balaban J connectivity index is 1.02. The van der Waals surface area contributed by atoms with Crippen molar-refractivity contribution in [3.05, 3.63) is 181 Å². The zero-order chi connectivity index (χ0) is 33.3. The second kappa shape index (κ2) is 14.0. The van der Waals surface area contributed by atoms with Crippen molar-refractivity contribution in [2.45, 2.75) is 36.0 Å². The fourth-order valence-corrected chi connectivity index (χ4v) is 9.84. The van der Waals surface area contributed by atoms with E-state index in [4.69, 9.17) is 0 Å². The molecule has 0 amide bonds. The molecule has 1 saturated carbocycles. The zero-order valence-electron chi connectivity index (χ0n) is 27.3. The maximum atomic E-state index is 3.79. The van der Waals surface area contributed by atoms with Crippen molar-refractivity contribution in [2.24, 2.45) is 0 Å². The van der Waals surface area contributed by atoms with Crippen LogP contribution >= 0.6 is 24.3 Å². The van der Waals surface area contributed by atoms with Gasteiger partial charge in [-0.2, -0.15) is 0 Å². The van der Waals surface area contributed by atoms with Gasteiger partial charge in [0.25, 0.3) is 0 Å². The third-order valence-corrected chi connectivity index (χ3v) is 11.8. The molecular formula is C42H38N6S2. The predicted molar refractivity (Wildman–Crippen MR) is 211 cm³/mol. The highest BCUT2D eigenvalue weighted by Gasteiger charge is 2.55. The summed E-state index contributed by atoms with van der Waals surface area (Å²) in [5.74, 6) is 0.543. The molecule has 9 rings (SSSR count). The highest BCUT2D eigenvalue weighted by Crippen LogP contribution is 2.48. The molecule has 6 aromatic rings. The molecule has 0 radical (unpaired) electrons. The van der Waals surface area contributed by atoms with E-state index in [2.05, 4.69) is 199 Å². The van der Waals surface area contributed by atoms with Crippen molar-refractivity contribution in [3.8, 4) is 0 Å². The maximum absolute atomic E-state index is 3.79. The van der Waals surface area contributed by atoms with Gasteiger partial charge in [0.05, 0.1) is 0 Å². The van der Waals surface area contributed by atoms with Crippen LogP contribution in [0.3, 0.4) is 0 Å². The van der Waals surface area contributed by atoms with Gasteiger partial charge in [-0.3, -0.25) is 0 Å². The maximum Gasteiger partial charge on any atom is 0.0461 e. The van der Waals surface area contributed by atoms with Crippen LogP contribution in [-0.2, 0) is 0 Å². The van der Waals surface area contributed by atoms with Gasteiger partial charge >= 0.3 is 0 Å². The molecule has 3 fully saturated rings. The summed E-state index contributed by atoms with van der Waals surface area (Å²) in [6, 6.07) is 61.8. The molecule has 6 nitrogen and oxygen atoms in total. The van der Waals surface area contributed by atoms with E-state index in [1.807, 2.05) is 0 Å². The monoisotopic (exact) mass is 690 g/mol. The first-order chi connectivity index (χ1) is 24.8. The summed E-state index contributed by atoms with van der Waals surface area (Å²) < 4.78 is 15.2. The minimum atomic E-state index is 0.245. The molecule has 4 atom stereocenters. The van der Waals surface area contributed by atoms with Crippen LogP contribution in [0.15, 0.2) is 170 Å². The second-order valence-corrected chi connectivity index (χ2v) is 14.4. The number of hydrogen-bond donors (Lipinski definition) is 4. The standard InChI is InChI=1S/C42H38N6S2/c1-5-13-31(14-6-1)47(32-15-7-2-8-16-32)35-25-21-29(22-26-35)37-39-41(45-49-43-39)38(42-40(37)44-50-46-42)30-23-27-36(28-24-30)48(33-17-9-3-10-18-33)34-19-11-4-12-20-34/h1-28,37-46H. The summed E-state index contributed by atoms with van der Waals surface area (Å²) in [5, 5.41) is 0. The Bertz CT molecular complexity index is 1750. The molecule has 2 saturated heterocycles. The molecule has 6 aromatic carbocycles. The number of fused-ring (bicyclic) bond motifs is 2. The SMILES string of the molecule is c1ccc(N(c2ccccc2)c2ccc(C3C4NSNC4C(c4ccc(N(c5ccccc5)c5ccccc5)cc4)C4NSNC43)cc2)cc1. The summed E-state index contributed by atoms with van der Waals surface area (Å²) in [4.78, 5) is 4.65. The van der Waals surface area contributed by atoms with Gasteiger partial charge in [0.2, 0.25) is 0 Å². The average molecular weight is 691 g/mol. The van der Waals surface area contributed by atoms with Crippen LogP contribution in [0, 0.1) is 0 Å². The lowest BCUT2D eigenvalue weighted by Gasteiger charge is -2.46. The van der Waals surface area contributed by atoms with Crippen LogP contribution in [0.25, 0.3) is 0 Å². The second-order valence-electron chi connectivity index (χ2n) is 13.0. The van der Waals surface area contributed by atoms with Crippen LogP contribution in [0.1, 0.15) is 23.0 Å². The van der Waals surface area contributed by atoms with Gasteiger partial charge in [-0.25, -0.2) is 18.9 Å². The highest BCUT2D eigenvalue weighted by molar-refractivity contribution is 7.96. The van der Waals surface area contributed by atoms with Crippen LogP contribution in [0.5, 0.6) is 0 Å². The Kier molecular flexibility index (Phi) is 8.80. The van der Waals surface area contributed by atoms with Crippen molar-refractivity contribution in [2.75, 3.05) is 9.80 Å². The summed E-state index contributed by atoms with van der Waals surface area (Å²) >= 11 is 3.28. The van der Waals surface area contributed by atoms with Crippen molar-refractivity contribution >= 4 is 58.4 Å². The molecule has 4 N–H and O–H groups in total. The lowest BCUT2D eigenvalue weighted by molar-refractivity contribution is 0.223. The number of rotatable bonds is 8. The van der Waals surface area contributed by atoms with Gasteiger partial charge in [-0.1, -0.05) is 97.1 Å². The van der Waals surface area contributed by atoms with E-state index in [1.54, 1.807) is 24.3 Å². The van der Waals surface area contributed by atoms with E-state index in [-0.39, 0.29) is 36.0 Å². The molecule has 50 heavy (non-hydrogen) atoms. The van der Waals surface area contributed by atoms with E-state index in [0.29, 0.717) is 0 Å². The molecule has 4 unspecified atom stereocenters. The normalized spacial score (nSPS) is 23.9. The first-order valence-corrected chi connectivity index (χ1v) is 18.8. The largest absolute Gasteiger partial charge is 0.311 e. The topological polar surface area (TPSA) is 54.6 Å². The molecule has 0 aromatic heterocycles. The van der Waals surface area contributed by atoms with Gasteiger partial charge in [0, 0.05) is 94.4 Å². The van der Waals surface area contributed by atoms with Gasteiger partial charge in [0.1, 0.15) is 0 Å². The smallest absolute Gasteiger partial charge is 0.0461 e. The number of para-hydroxylation sites is 4. The first-order valence-electron chi connectivity index (χ1n) is 17.2.